The highest BCUT2D eigenvalue weighted by Gasteiger charge is 2.49. The smallest absolute Gasteiger partial charge is 0.301 e. The minimum Gasteiger partial charge on any atom is -0.505 e. The molecule has 1 amide bonds. The molecule has 0 saturated carbocycles. The molecule has 218 valence electrons. The Balaban J connectivity index is 1.45. The number of benzene rings is 2. The lowest BCUT2D eigenvalue weighted by Crippen LogP contribution is -2.29. The van der Waals surface area contributed by atoms with Gasteiger partial charge in [0, 0.05) is 22.0 Å². The van der Waals surface area contributed by atoms with E-state index in [-0.39, 0.29) is 27.9 Å². The van der Waals surface area contributed by atoms with Crippen LogP contribution >= 0.6 is 46.3 Å². The van der Waals surface area contributed by atoms with Gasteiger partial charge in [-0.1, -0.05) is 64.5 Å². The van der Waals surface area contributed by atoms with Gasteiger partial charge in [0.15, 0.2) is 21.6 Å². The fourth-order valence-electron chi connectivity index (χ4n) is 4.87. The Morgan fingerprint density at radius 2 is 1.93 bits per heavy atom. The number of Topliss-reactive ketones (excluding diaryl/α,β-unsaturated/α-hetero) is 1. The zero-order valence-electron chi connectivity index (χ0n) is 22.5. The van der Waals surface area contributed by atoms with Crippen LogP contribution in [0.25, 0.3) is 11.4 Å². The number of carbonyl (C=O) groups excluding carboxylic acids is 2. The van der Waals surface area contributed by atoms with E-state index >= 15 is 0 Å². The van der Waals surface area contributed by atoms with Crippen molar-refractivity contribution >= 4 is 74.5 Å². The molecule has 14 heteroatoms. The summed E-state index contributed by atoms with van der Waals surface area (Å²) < 4.78 is 7.48. The molecule has 1 atom stereocenters. The number of hydrogen-bond acceptors (Lipinski definition) is 10. The van der Waals surface area contributed by atoms with Gasteiger partial charge < -0.3 is 14.9 Å². The number of fused-ring (bicyclic) bond motifs is 1. The molecule has 1 aliphatic heterocycles. The van der Waals surface area contributed by atoms with Gasteiger partial charge in [0.05, 0.1) is 24.4 Å². The molecule has 6 rings (SSSR count). The number of halogens is 2. The molecular weight excluding hydrogens is 633 g/mol. The number of hydrogen-bond donors (Lipinski definition) is 2. The lowest BCUT2D eigenvalue weighted by Gasteiger charge is -2.23. The molecule has 1 aliphatic rings. The fourth-order valence-corrected chi connectivity index (χ4v) is 7.30. The number of aryl methyl sites for hydroxylation is 1. The molecule has 43 heavy (non-hydrogen) atoms. The third kappa shape index (κ3) is 5.20. The van der Waals surface area contributed by atoms with Crippen molar-refractivity contribution in [3.8, 4) is 11.5 Å². The van der Waals surface area contributed by atoms with E-state index in [4.69, 9.17) is 27.9 Å². The highest BCUT2D eigenvalue weighted by Crippen LogP contribution is 2.46. The SMILES string of the molecule is COc1cc(C2/C(=C(\O)c3c(C)nc4ccccn34)C(=O)C(=O)N2c2nnc(SCc3ccc(Cl)cc3Cl)s2)ccc1O. The average Bonchev–Trinajstić information content (AvgIpc) is 3.66. The quantitative estimate of drug-likeness (QED) is 0.0670. The number of aromatic hydroxyl groups is 1. The molecule has 2 N–H and O–H groups in total. The Hall–Kier alpha value is -4.10. The lowest BCUT2D eigenvalue weighted by atomic mass is 9.96. The van der Waals surface area contributed by atoms with Gasteiger partial charge in [-0.3, -0.25) is 18.9 Å². The number of rotatable bonds is 7. The van der Waals surface area contributed by atoms with Crippen LogP contribution in [0.4, 0.5) is 5.13 Å². The van der Waals surface area contributed by atoms with Crippen LogP contribution in [0, 0.1) is 6.92 Å². The first-order chi connectivity index (χ1) is 20.7. The van der Waals surface area contributed by atoms with Gasteiger partial charge in [0.25, 0.3) is 5.78 Å². The van der Waals surface area contributed by atoms with Crippen molar-refractivity contribution in [1.82, 2.24) is 19.6 Å². The average molecular weight is 655 g/mol. The monoisotopic (exact) mass is 653 g/mol. The van der Waals surface area contributed by atoms with E-state index in [1.165, 1.54) is 35.9 Å². The number of methoxy groups -OCH3 is 1. The third-order valence-corrected chi connectivity index (χ3v) is 9.55. The van der Waals surface area contributed by atoms with Crippen molar-refractivity contribution in [3.05, 3.63) is 98.9 Å². The maximum atomic E-state index is 13.7. The molecule has 0 aliphatic carbocycles. The first-order valence-electron chi connectivity index (χ1n) is 12.7. The third-order valence-electron chi connectivity index (χ3n) is 6.86. The van der Waals surface area contributed by atoms with Gasteiger partial charge in [-0.2, -0.15) is 0 Å². The number of phenolic OH excluding ortho intramolecular Hbond substituents is 1. The predicted octanol–water partition coefficient (Wildman–Crippen LogP) is 6.43. The molecule has 1 saturated heterocycles. The maximum absolute atomic E-state index is 13.7. The summed E-state index contributed by atoms with van der Waals surface area (Å²) in [4.78, 5) is 33.0. The number of amides is 1. The number of imidazole rings is 1. The molecule has 5 aromatic rings. The number of ketones is 1. The lowest BCUT2D eigenvalue weighted by molar-refractivity contribution is -0.132. The molecule has 1 unspecified atom stereocenters. The van der Waals surface area contributed by atoms with Crippen LogP contribution in [0.1, 0.15) is 28.6 Å². The molecule has 3 aromatic heterocycles. The molecule has 0 radical (unpaired) electrons. The Morgan fingerprint density at radius 3 is 2.70 bits per heavy atom. The summed E-state index contributed by atoms with van der Waals surface area (Å²) in [7, 11) is 1.39. The summed E-state index contributed by atoms with van der Waals surface area (Å²) in [5, 5.41) is 31.6. The second-order valence-electron chi connectivity index (χ2n) is 9.45. The number of aliphatic hydroxyl groups is 1. The minimum atomic E-state index is -1.11. The molecule has 10 nitrogen and oxygen atoms in total. The van der Waals surface area contributed by atoms with Gasteiger partial charge in [-0.05, 0) is 54.4 Å². The summed E-state index contributed by atoms with van der Waals surface area (Å²) in [6.45, 7) is 1.71. The van der Waals surface area contributed by atoms with E-state index in [9.17, 15) is 19.8 Å². The van der Waals surface area contributed by atoms with Gasteiger partial charge in [0.2, 0.25) is 5.13 Å². The first-order valence-corrected chi connectivity index (χ1v) is 15.3. The van der Waals surface area contributed by atoms with Crippen molar-refractivity contribution in [2.24, 2.45) is 0 Å². The van der Waals surface area contributed by atoms with Crippen molar-refractivity contribution in [1.29, 1.82) is 0 Å². The summed E-state index contributed by atoms with van der Waals surface area (Å²) in [5.41, 5.74) is 2.38. The van der Waals surface area contributed by atoms with Crippen LogP contribution in [-0.2, 0) is 15.3 Å². The van der Waals surface area contributed by atoms with E-state index in [2.05, 4.69) is 15.2 Å². The first kappa shape index (κ1) is 29.0. The van der Waals surface area contributed by atoms with E-state index < -0.39 is 23.5 Å². The van der Waals surface area contributed by atoms with Gasteiger partial charge in [-0.25, -0.2) is 4.98 Å². The van der Waals surface area contributed by atoms with E-state index in [0.29, 0.717) is 37.0 Å². The fraction of sp³-hybridized carbons (Fsp3) is 0.138. The second-order valence-corrected chi connectivity index (χ2v) is 12.5. The van der Waals surface area contributed by atoms with Crippen LogP contribution in [0.3, 0.4) is 0 Å². The minimum absolute atomic E-state index is 0.127. The zero-order chi connectivity index (χ0) is 30.4. The normalized spacial score (nSPS) is 16.4. The number of pyridine rings is 1. The summed E-state index contributed by atoms with van der Waals surface area (Å²) >= 11 is 14.8. The Labute approximate surface area is 263 Å². The number of aromatic nitrogens is 4. The maximum Gasteiger partial charge on any atom is 0.301 e. The van der Waals surface area contributed by atoms with Crippen LogP contribution in [0.15, 0.2) is 70.7 Å². The van der Waals surface area contributed by atoms with E-state index in [1.54, 1.807) is 53.9 Å². The molecule has 2 aromatic carbocycles. The van der Waals surface area contributed by atoms with Gasteiger partial charge >= 0.3 is 5.91 Å². The highest BCUT2D eigenvalue weighted by atomic mass is 35.5. The van der Waals surface area contributed by atoms with Gasteiger partial charge in [-0.15, -0.1) is 10.2 Å². The summed E-state index contributed by atoms with van der Waals surface area (Å²) in [5.74, 6) is -1.73. The zero-order valence-corrected chi connectivity index (χ0v) is 25.6. The van der Waals surface area contributed by atoms with E-state index in [1.807, 2.05) is 6.07 Å². The molecule has 0 spiro atoms. The van der Waals surface area contributed by atoms with Crippen molar-refractivity contribution in [2.45, 2.75) is 23.1 Å². The largest absolute Gasteiger partial charge is 0.505 e. The molecule has 0 bridgehead atoms. The standard InChI is InChI=1S/C29H21Cl2N5O5S2/c1-14-23(35-10-4-3-5-21(35)32-14)25(38)22-24(15-7-9-19(37)20(11-15)41-2)36(27(40)26(22)39)28-33-34-29(43-28)42-13-16-6-8-17(30)12-18(16)31/h3-12,24,37-38H,13H2,1-2H3/b25-22+. The van der Waals surface area contributed by atoms with Crippen LogP contribution in [-0.4, -0.2) is 48.6 Å². The topological polar surface area (TPSA) is 130 Å². The Kier molecular flexibility index (Phi) is 7.77. The van der Waals surface area contributed by atoms with Crippen LogP contribution in [0.2, 0.25) is 10.0 Å². The van der Waals surface area contributed by atoms with Crippen molar-refractivity contribution < 1.29 is 24.5 Å². The second kappa shape index (κ2) is 11.5. The molecule has 1 fully saturated rings. The molecule has 4 heterocycles. The molecular formula is C29H21Cl2N5O5S2. The van der Waals surface area contributed by atoms with Crippen molar-refractivity contribution in [3.63, 3.8) is 0 Å². The Morgan fingerprint density at radius 1 is 1.12 bits per heavy atom. The van der Waals surface area contributed by atoms with Gasteiger partial charge in [0.1, 0.15) is 11.3 Å². The highest BCUT2D eigenvalue weighted by molar-refractivity contribution is 8.00. The van der Waals surface area contributed by atoms with Crippen molar-refractivity contribution in [2.75, 3.05) is 12.0 Å². The van der Waals surface area contributed by atoms with Crippen LogP contribution < -0.4 is 9.64 Å². The summed E-state index contributed by atoms with van der Waals surface area (Å²) in [6.07, 6.45) is 1.71. The number of ether oxygens (including phenoxy) is 1. The summed E-state index contributed by atoms with van der Waals surface area (Å²) in [6, 6.07) is 13.9. The number of nitrogens with zero attached hydrogens (tertiary/aromatic N) is 5. The number of aliphatic hydroxyl groups excluding tert-OH is 1. The number of thioether (sulfide) groups is 1. The predicted molar refractivity (Wildman–Crippen MR) is 165 cm³/mol. The number of phenols is 1. The Bertz CT molecular complexity index is 1960. The number of anilines is 1. The number of carbonyl (C=O) groups is 2. The van der Waals surface area contributed by atoms with E-state index in [0.717, 1.165) is 16.9 Å². The van der Waals surface area contributed by atoms with Crippen LogP contribution in [0.5, 0.6) is 11.5 Å².